The van der Waals surface area contributed by atoms with Crippen LogP contribution in [0.1, 0.15) is 5.56 Å². The molecule has 0 atom stereocenters. The van der Waals surface area contributed by atoms with E-state index in [-0.39, 0.29) is 17.3 Å². The SMILES string of the molecule is Nc1sc(SCC(=O)Nc2ccccc2C(F)(F)F)nc1-c1ccc(F)cc1. The molecular weight excluding hydrogens is 414 g/mol. The maximum atomic E-state index is 13.0. The first kappa shape index (κ1) is 20.2. The summed E-state index contributed by atoms with van der Waals surface area (Å²) in [4.78, 5) is 16.4. The molecule has 4 nitrogen and oxygen atoms in total. The quantitative estimate of drug-likeness (QED) is 0.429. The highest BCUT2D eigenvalue weighted by atomic mass is 32.2. The molecule has 0 unspecified atom stereocenters. The lowest BCUT2D eigenvalue weighted by molar-refractivity contribution is -0.137. The van der Waals surface area contributed by atoms with Crippen molar-refractivity contribution in [1.29, 1.82) is 0 Å². The maximum Gasteiger partial charge on any atom is 0.418 e. The van der Waals surface area contributed by atoms with Crippen molar-refractivity contribution >= 4 is 39.7 Å². The molecule has 3 aromatic rings. The summed E-state index contributed by atoms with van der Waals surface area (Å²) >= 11 is 2.20. The lowest BCUT2D eigenvalue weighted by Gasteiger charge is -2.13. The summed E-state index contributed by atoms with van der Waals surface area (Å²) in [5.41, 5.74) is 5.82. The van der Waals surface area contributed by atoms with Gasteiger partial charge in [0.2, 0.25) is 5.91 Å². The Kier molecular flexibility index (Phi) is 5.90. The predicted octanol–water partition coefficient (Wildman–Crippen LogP) is 5.28. The molecule has 146 valence electrons. The second-order valence-electron chi connectivity index (χ2n) is 5.58. The summed E-state index contributed by atoms with van der Waals surface area (Å²) in [5, 5.41) is 2.67. The summed E-state index contributed by atoms with van der Waals surface area (Å²) in [5.74, 6) is -1.12. The van der Waals surface area contributed by atoms with Gasteiger partial charge in [0, 0.05) is 5.56 Å². The summed E-state index contributed by atoms with van der Waals surface area (Å²) in [7, 11) is 0. The number of nitrogens with one attached hydrogen (secondary N) is 1. The molecule has 10 heteroatoms. The van der Waals surface area contributed by atoms with Crippen molar-refractivity contribution in [1.82, 2.24) is 4.98 Å². The molecule has 28 heavy (non-hydrogen) atoms. The molecule has 0 fully saturated rings. The number of anilines is 2. The number of halogens is 4. The van der Waals surface area contributed by atoms with Crippen molar-refractivity contribution in [2.24, 2.45) is 0 Å². The number of carbonyl (C=O) groups is 1. The van der Waals surface area contributed by atoms with Gasteiger partial charge in [-0.3, -0.25) is 4.79 Å². The number of amides is 1. The fourth-order valence-corrected chi connectivity index (χ4v) is 4.09. The molecule has 0 spiro atoms. The Balaban J connectivity index is 1.66. The number of rotatable bonds is 5. The van der Waals surface area contributed by atoms with Crippen LogP contribution in [0.25, 0.3) is 11.3 Å². The first-order valence-electron chi connectivity index (χ1n) is 7.85. The Bertz CT molecular complexity index is 987. The van der Waals surface area contributed by atoms with E-state index in [1.165, 1.54) is 42.5 Å². The first-order chi connectivity index (χ1) is 13.2. The van der Waals surface area contributed by atoms with Gasteiger partial charge in [-0.15, -0.1) is 0 Å². The van der Waals surface area contributed by atoms with Gasteiger partial charge >= 0.3 is 6.18 Å². The van der Waals surface area contributed by atoms with E-state index in [1.807, 2.05) is 0 Å². The Morgan fingerprint density at radius 3 is 2.50 bits per heavy atom. The van der Waals surface area contributed by atoms with Crippen LogP contribution in [0.5, 0.6) is 0 Å². The predicted molar refractivity (Wildman–Crippen MR) is 103 cm³/mol. The zero-order valence-electron chi connectivity index (χ0n) is 14.1. The molecule has 0 aliphatic carbocycles. The van der Waals surface area contributed by atoms with Gasteiger partial charge in [-0.25, -0.2) is 9.37 Å². The minimum Gasteiger partial charge on any atom is -0.389 e. The number of aromatic nitrogens is 1. The summed E-state index contributed by atoms with van der Waals surface area (Å²) < 4.78 is 52.5. The van der Waals surface area contributed by atoms with E-state index in [9.17, 15) is 22.4 Å². The van der Waals surface area contributed by atoms with Crippen LogP contribution >= 0.6 is 23.1 Å². The molecule has 3 N–H and O–H groups in total. The number of carbonyl (C=O) groups excluding carboxylic acids is 1. The number of nitrogens with zero attached hydrogens (tertiary/aromatic N) is 1. The van der Waals surface area contributed by atoms with Crippen molar-refractivity contribution in [2.75, 3.05) is 16.8 Å². The van der Waals surface area contributed by atoms with Crippen molar-refractivity contribution in [3.63, 3.8) is 0 Å². The Morgan fingerprint density at radius 2 is 1.82 bits per heavy atom. The van der Waals surface area contributed by atoms with Gasteiger partial charge in [0.25, 0.3) is 0 Å². The van der Waals surface area contributed by atoms with Gasteiger partial charge in [0.15, 0.2) is 4.34 Å². The van der Waals surface area contributed by atoms with E-state index in [2.05, 4.69) is 10.3 Å². The minimum atomic E-state index is -4.56. The van der Waals surface area contributed by atoms with E-state index in [0.29, 0.717) is 20.6 Å². The number of benzene rings is 2. The van der Waals surface area contributed by atoms with Gasteiger partial charge in [0.05, 0.1) is 17.0 Å². The fourth-order valence-electron chi connectivity index (χ4n) is 2.34. The number of nitrogens with two attached hydrogens (primary N) is 1. The van der Waals surface area contributed by atoms with Gasteiger partial charge in [0.1, 0.15) is 16.5 Å². The molecule has 0 aliphatic heterocycles. The van der Waals surface area contributed by atoms with Crippen LogP contribution in [0, 0.1) is 5.82 Å². The third-order valence-electron chi connectivity index (χ3n) is 3.58. The van der Waals surface area contributed by atoms with Crippen molar-refractivity contribution in [3.05, 3.63) is 59.9 Å². The Morgan fingerprint density at radius 1 is 1.14 bits per heavy atom. The van der Waals surface area contributed by atoms with E-state index in [0.717, 1.165) is 29.2 Å². The molecule has 3 rings (SSSR count). The summed E-state index contributed by atoms with van der Waals surface area (Å²) in [6.45, 7) is 0. The van der Waals surface area contributed by atoms with Crippen LogP contribution in [0.4, 0.5) is 28.3 Å². The van der Waals surface area contributed by atoms with E-state index in [1.54, 1.807) is 0 Å². The molecule has 0 saturated carbocycles. The number of thiazole rings is 1. The average molecular weight is 427 g/mol. The Labute approximate surface area is 165 Å². The molecule has 1 heterocycles. The van der Waals surface area contributed by atoms with Crippen molar-refractivity contribution in [3.8, 4) is 11.3 Å². The second-order valence-corrected chi connectivity index (χ2v) is 7.83. The highest BCUT2D eigenvalue weighted by molar-refractivity contribution is 8.01. The van der Waals surface area contributed by atoms with Crippen LogP contribution in [-0.4, -0.2) is 16.6 Å². The van der Waals surface area contributed by atoms with E-state index < -0.39 is 17.6 Å². The standard InChI is InChI=1S/C18H13F4N3OS2/c19-11-7-5-10(6-8-11)15-16(23)28-17(25-15)27-9-14(26)24-13-4-2-1-3-12(13)18(20,21)22/h1-8H,9,23H2,(H,24,26). The fraction of sp³-hybridized carbons (Fsp3) is 0.111. The van der Waals surface area contributed by atoms with Gasteiger partial charge in [-0.05, 0) is 36.4 Å². The van der Waals surface area contributed by atoms with E-state index >= 15 is 0 Å². The first-order valence-corrected chi connectivity index (χ1v) is 9.65. The normalized spacial score (nSPS) is 11.4. The molecule has 1 amide bonds. The van der Waals surface area contributed by atoms with E-state index in [4.69, 9.17) is 5.73 Å². The molecule has 0 saturated heterocycles. The van der Waals surface area contributed by atoms with Crippen LogP contribution in [0.2, 0.25) is 0 Å². The van der Waals surface area contributed by atoms with Gasteiger partial charge in [-0.2, -0.15) is 13.2 Å². The molecule has 0 bridgehead atoms. The van der Waals surface area contributed by atoms with Crippen LogP contribution in [0.3, 0.4) is 0 Å². The number of hydrogen-bond acceptors (Lipinski definition) is 5. The van der Waals surface area contributed by atoms with Gasteiger partial charge in [-0.1, -0.05) is 35.2 Å². The minimum absolute atomic E-state index is 0.137. The molecular formula is C18H13F4N3OS2. The number of alkyl halides is 3. The molecule has 1 aromatic heterocycles. The zero-order valence-corrected chi connectivity index (χ0v) is 15.7. The molecule has 2 aromatic carbocycles. The smallest absolute Gasteiger partial charge is 0.389 e. The third kappa shape index (κ3) is 4.82. The highest BCUT2D eigenvalue weighted by Gasteiger charge is 2.33. The largest absolute Gasteiger partial charge is 0.418 e. The summed E-state index contributed by atoms with van der Waals surface area (Å²) in [6.07, 6.45) is -4.56. The van der Waals surface area contributed by atoms with Crippen LogP contribution in [0.15, 0.2) is 52.9 Å². The monoisotopic (exact) mass is 427 g/mol. The van der Waals surface area contributed by atoms with Crippen LogP contribution < -0.4 is 11.1 Å². The lowest BCUT2D eigenvalue weighted by atomic mass is 10.1. The number of hydrogen-bond donors (Lipinski definition) is 2. The molecule has 0 radical (unpaired) electrons. The zero-order chi connectivity index (χ0) is 20.3. The topological polar surface area (TPSA) is 68.0 Å². The Hall–Kier alpha value is -2.59. The number of thioether (sulfide) groups is 1. The number of nitrogen functional groups attached to an aromatic ring is 1. The van der Waals surface area contributed by atoms with Crippen molar-refractivity contribution < 1.29 is 22.4 Å². The molecule has 0 aliphatic rings. The van der Waals surface area contributed by atoms with Crippen LogP contribution in [-0.2, 0) is 11.0 Å². The van der Waals surface area contributed by atoms with Gasteiger partial charge < -0.3 is 11.1 Å². The lowest BCUT2D eigenvalue weighted by Crippen LogP contribution is -2.18. The third-order valence-corrected chi connectivity index (χ3v) is 5.61. The highest BCUT2D eigenvalue weighted by Crippen LogP contribution is 2.36. The summed E-state index contributed by atoms with van der Waals surface area (Å²) in [6, 6.07) is 10.4. The maximum absolute atomic E-state index is 13.0. The van der Waals surface area contributed by atoms with Crippen molar-refractivity contribution in [2.45, 2.75) is 10.5 Å². The second kappa shape index (κ2) is 8.19. The number of para-hydroxylation sites is 1. The average Bonchev–Trinajstić information content (AvgIpc) is 3.01.